The van der Waals surface area contributed by atoms with E-state index in [2.05, 4.69) is 5.10 Å². The number of aromatic nitrogens is 2. The lowest BCUT2D eigenvalue weighted by atomic mass is 9.93. The van der Waals surface area contributed by atoms with Crippen LogP contribution in [0.5, 0.6) is 0 Å². The van der Waals surface area contributed by atoms with Gasteiger partial charge in [0.05, 0.1) is 11.6 Å². The van der Waals surface area contributed by atoms with Gasteiger partial charge < -0.3 is 9.80 Å². The third-order valence-electron chi connectivity index (χ3n) is 5.57. The highest BCUT2D eigenvalue weighted by Crippen LogP contribution is 2.30. The van der Waals surface area contributed by atoms with E-state index in [1.54, 1.807) is 21.7 Å². The summed E-state index contributed by atoms with van der Waals surface area (Å²) in [5.41, 5.74) is 1.73. The molecule has 4 rings (SSSR count). The lowest BCUT2D eigenvalue weighted by Crippen LogP contribution is -2.42. The molecule has 2 saturated heterocycles. The largest absolute Gasteiger partial charge is 0.342 e. The summed E-state index contributed by atoms with van der Waals surface area (Å²) >= 11 is 0. The van der Waals surface area contributed by atoms with Crippen LogP contribution >= 0.6 is 0 Å². The van der Waals surface area contributed by atoms with E-state index in [-0.39, 0.29) is 30.0 Å². The van der Waals surface area contributed by atoms with Gasteiger partial charge in [-0.05, 0) is 43.2 Å². The number of anilines is 1. The van der Waals surface area contributed by atoms with Crippen molar-refractivity contribution in [2.45, 2.75) is 25.2 Å². The minimum Gasteiger partial charge on any atom is -0.342 e. The van der Waals surface area contributed by atoms with Crippen molar-refractivity contribution >= 4 is 17.5 Å². The smallest absolute Gasteiger partial charge is 0.228 e. The van der Waals surface area contributed by atoms with Gasteiger partial charge >= 0.3 is 0 Å². The molecule has 1 aromatic heterocycles. The Kier molecular flexibility index (Phi) is 4.68. The van der Waals surface area contributed by atoms with Gasteiger partial charge in [0.2, 0.25) is 11.8 Å². The molecule has 1 atom stereocenters. The Hall–Kier alpha value is -2.70. The molecule has 3 heterocycles. The number of rotatable bonds is 3. The number of amides is 2. The Morgan fingerprint density at radius 3 is 2.48 bits per heavy atom. The van der Waals surface area contributed by atoms with Crippen LogP contribution in [0.15, 0.2) is 36.5 Å². The Morgan fingerprint density at radius 1 is 1.15 bits per heavy atom. The van der Waals surface area contributed by atoms with E-state index >= 15 is 0 Å². The van der Waals surface area contributed by atoms with Crippen molar-refractivity contribution in [3.63, 3.8) is 0 Å². The normalized spacial score (nSPS) is 21.1. The Balaban J connectivity index is 1.36. The number of benzene rings is 1. The average Bonchev–Trinajstić information content (AvgIpc) is 3.28. The van der Waals surface area contributed by atoms with Crippen LogP contribution in [0.2, 0.25) is 0 Å². The number of likely N-dealkylation sites (tertiary alicyclic amines) is 1. The second kappa shape index (κ2) is 7.13. The summed E-state index contributed by atoms with van der Waals surface area (Å²) in [7, 11) is 1.91. The second-order valence-electron chi connectivity index (χ2n) is 7.40. The first-order chi connectivity index (χ1) is 13.0. The van der Waals surface area contributed by atoms with Crippen molar-refractivity contribution in [3.8, 4) is 0 Å². The predicted octanol–water partition coefficient (Wildman–Crippen LogP) is 2.32. The number of halogens is 1. The molecule has 0 N–H and O–H groups in total. The zero-order valence-corrected chi connectivity index (χ0v) is 15.3. The molecule has 1 unspecified atom stereocenters. The van der Waals surface area contributed by atoms with Gasteiger partial charge in [0.25, 0.3) is 0 Å². The molecule has 0 aliphatic carbocycles. The monoisotopic (exact) mass is 370 g/mol. The zero-order valence-electron chi connectivity index (χ0n) is 15.3. The fourth-order valence-corrected chi connectivity index (χ4v) is 4.05. The number of carbonyl (C=O) groups excluding carboxylic acids is 2. The molecule has 2 amide bonds. The zero-order chi connectivity index (χ0) is 19.0. The van der Waals surface area contributed by atoms with Gasteiger partial charge in [0.1, 0.15) is 5.82 Å². The van der Waals surface area contributed by atoms with Gasteiger partial charge in [0, 0.05) is 50.9 Å². The maximum absolute atomic E-state index is 13.1. The number of aryl methyl sites for hydroxylation is 1. The molecule has 2 aromatic rings. The van der Waals surface area contributed by atoms with Crippen molar-refractivity contribution in [1.82, 2.24) is 14.7 Å². The first-order valence-electron chi connectivity index (χ1n) is 9.35. The standard InChI is InChI=1S/C20H23FN4O2/c1-23-9-8-18(22-23)14-6-10-24(11-7-14)20(27)15-12-19(26)25(13-15)17-4-2-16(21)3-5-17/h2-5,8-9,14-15H,6-7,10-13H2,1H3. The molecule has 2 fully saturated rings. The van der Waals surface area contributed by atoms with Crippen LogP contribution in [-0.4, -0.2) is 46.1 Å². The van der Waals surface area contributed by atoms with Crippen molar-refractivity contribution in [2.24, 2.45) is 13.0 Å². The van der Waals surface area contributed by atoms with E-state index in [9.17, 15) is 14.0 Å². The Bertz CT molecular complexity index is 840. The first-order valence-corrected chi connectivity index (χ1v) is 9.35. The van der Waals surface area contributed by atoms with Gasteiger partial charge in [-0.25, -0.2) is 4.39 Å². The molecule has 0 spiro atoms. The van der Waals surface area contributed by atoms with Gasteiger partial charge in [-0.3, -0.25) is 14.3 Å². The summed E-state index contributed by atoms with van der Waals surface area (Å²) in [4.78, 5) is 28.7. The van der Waals surface area contributed by atoms with Crippen molar-refractivity contribution in [3.05, 3.63) is 48.0 Å². The highest BCUT2D eigenvalue weighted by atomic mass is 19.1. The van der Waals surface area contributed by atoms with E-state index < -0.39 is 0 Å². The van der Waals surface area contributed by atoms with Gasteiger partial charge in [-0.2, -0.15) is 5.10 Å². The van der Waals surface area contributed by atoms with Crippen molar-refractivity contribution in [2.75, 3.05) is 24.5 Å². The van der Waals surface area contributed by atoms with Crippen LogP contribution in [0.4, 0.5) is 10.1 Å². The number of carbonyl (C=O) groups is 2. The highest BCUT2D eigenvalue weighted by Gasteiger charge is 2.38. The number of hydrogen-bond donors (Lipinski definition) is 0. The maximum atomic E-state index is 13.1. The topological polar surface area (TPSA) is 58.4 Å². The van der Waals surface area contributed by atoms with Gasteiger partial charge in [0.15, 0.2) is 0 Å². The van der Waals surface area contributed by atoms with E-state index in [4.69, 9.17) is 0 Å². The molecule has 2 aliphatic rings. The summed E-state index contributed by atoms with van der Waals surface area (Å²) in [6, 6.07) is 7.87. The molecular formula is C20H23FN4O2. The minimum absolute atomic E-state index is 0.0485. The van der Waals surface area contributed by atoms with Crippen LogP contribution in [0.25, 0.3) is 0 Å². The number of piperidine rings is 1. The first kappa shape index (κ1) is 17.7. The Labute approximate surface area is 157 Å². The highest BCUT2D eigenvalue weighted by molar-refractivity contribution is 6.00. The summed E-state index contributed by atoms with van der Waals surface area (Å²) in [5.74, 6) is -0.310. The van der Waals surface area contributed by atoms with E-state index in [1.165, 1.54) is 12.1 Å². The third-order valence-corrected chi connectivity index (χ3v) is 5.57. The molecule has 0 radical (unpaired) electrons. The lowest BCUT2D eigenvalue weighted by molar-refractivity contribution is -0.136. The lowest BCUT2D eigenvalue weighted by Gasteiger charge is -2.32. The number of hydrogen-bond acceptors (Lipinski definition) is 3. The van der Waals surface area contributed by atoms with Crippen molar-refractivity contribution < 1.29 is 14.0 Å². The van der Waals surface area contributed by atoms with Gasteiger partial charge in [-0.15, -0.1) is 0 Å². The quantitative estimate of drug-likeness (QED) is 0.833. The molecular weight excluding hydrogens is 347 g/mol. The minimum atomic E-state index is -0.339. The van der Waals surface area contributed by atoms with E-state index in [1.807, 2.05) is 24.2 Å². The number of nitrogens with zero attached hydrogens (tertiary/aromatic N) is 4. The van der Waals surface area contributed by atoms with Crippen molar-refractivity contribution in [1.29, 1.82) is 0 Å². The molecule has 0 bridgehead atoms. The molecule has 1 aromatic carbocycles. The van der Waals surface area contributed by atoms with E-state index in [0.29, 0.717) is 31.2 Å². The second-order valence-corrected chi connectivity index (χ2v) is 7.40. The SMILES string of the molecule is Cn1ccc(C2CCN(C(=O)C3CC(=O)N(c4ccc(F)cc4)C3)CC2)n1. The molecule has 2 aliphatic heterocycles. The summed E-state index contributed by atoms with van der Waals surface area (Å²) in [6.45, 7) is 1.76. The predicted molar refractivity (Wildman–Crippen MR) is 98.6 cm³/mol. The maximum Gasteiger partial charge on any atom is 0.228 e. The summed E-state index contributed by atoms with van der Waals surface area (Å²) in [5, 5.41) is 4.48. The Morgan fingerprint density at radius 2 is 1.85 bits per heavy atom. The molecule has 6 nitrogen and oxygen atoms in total. The summed E-state index contributed by atoms with van der Waals surface area (Å²) in [6.07, 6.45) is 3.95. The van der Waals surface area contributed by atoms with Crippen LogP contribution in [0, 0.1) is 11.7 Å². The third kappa shape index (κ3) is 3.59. The van der Waals surface area contributed by atoms with Crippen LogP contribution < -0.4 is 4.90 Å². The molecule has 27 heavy (non-hydrogen) atoms. The molecule has 142 valence electrons. The summed E-state index contributed by atoms with van der Waals surface area (Å²) < 4.78 is 14.9. The average molecular weight is 370 g/mol. The fourth-order valence-electron chi connectivity index (χ4n) is 4.05. The van der Waals surface area contributed by atoms with Crippen LogP contribution in [0.1, 0.15) is 30.9 Å². The molecule has 7 heteroatoms. The van der Waals surface area contributed by atoms with Crippen LogP contribution in [-0.2, 0) is 16.6 Å². The fraction of sp³-hybridized carbons (Fsp3) is 0.450. The van der Waals surface area contributed by atoms with Gasteiger partial charge in [-0.1, -0.05) is 0 Å². The van der Waals surface area contributed by atoms with E-state index in [0.717, 1.165) is 18.5 Å². The van der Waals surface area contributed by atoms with Crippen LogP contribution in [0.3, 0.4) is 0 Å². The molecule has 0 saturated carbocycles.